The van der Waals surface area contributed by atoms with Crippen molar-refractivity contribution in [1.82, 2.24) is 0 Å². The molecule has 1 aromatic carbocycles. The van der Waals surface area contributed by atoms with Crippen molar-refractivity contribution in [3.05, 3.63) is 35.9 Å². The van der Waals surface area contributed by atoms with Gasteiger partial charge in [-0.1, -0.05) is 36.8 Å². The van der Waals surface area contributed by atoms with Gasteiger partial charge in [0.05, 0.1) is 5.92 Å². The summed E-state index contributed by atoms with van der Waals surface area (Å²) in [7, 11) is 0. The molecule has 0 aliphatic heterocycles. The molecule has 17 heavy (non-hydrogen) atoms. The average Bonchev–Trinajstić information content (AvgIpc) is 2.79. The first kappa shape index (κ1) is 11.8. The number of hydrogen-bond donors (Lipinski definition) is 1. The van der Waals surface area contributed by atoms with Gasteiger partial charge in [-0.25, -0.2) is 0 Å². The van der Waals surface area contributed by atoms with E-state index in [0.29, 0.717) is 12.8 Å². The monoisotopic (exact) mass is 232 g/mol. The third kappa shape index (κ3) is 2.73. The quantitative estimate of drug-likeness (QED) is 0.866. The van der Waals surface area contributed by atoms with Gasteiger partial charge < -0.3 is 5.11 Å². The van der Waals surface area contributed by atoms with Crippen molar-refractivity contribution in [2.45, 2.75) is 25.7 Å². The number of aliphatic carboxylic acids is 1. The molecule has 3 nitrogen and oxygen atoms in total. The summed E-state index contributed by atoms with van der Waals surface area (Å²) in [6.45, 7) is 0. The lowest BCUT2D eigenvalue weighted by atomic mass is 9.89. The Hall–Kier alpha value is -1.64. The van der Waals surface area contributed by atoms with Crippen LogP contribution in [-0.4, -0.2) is 16.9 Å². The second-order valence-corrected chi connectivity index (χ2v) is 4.61. The summed E-state index contributed by atoms with van der Waals surface area (Å²) in [5, 5.41) is 9.05. The summed E-state index contributed by atoms with van der Waals surface area (Å²) in [5.74, 6) is -1.51. The van der Waals surface area contributed by atoms with Crippen LogP contribution in [0.5, 0.6) is 0 Å². The first-order valence-electron chi connectivity index (χ1n) is 5.98. The Bertz CT molecular complexity index is 411. The van der Waals surface area contributed by atoms with E-state index in [0.717, 1.165) is 18.4 Å². The molecule has 1 aliphatic carbocycles. The average molecular weight is 232 g/mol. The van der Waals surface area contributed by atoms with E-state index < -0.39 is 11.9 Å². The Balaban J connectivity index is 2.03. The van der Waals surface area contributed by atoms with Gasteiger partial charge in [0.1, 0.15) is 5.78 Å². The van der Waals surface area contributed by atoms with Gasteiger partial charge in [0.2, 0.25) is 0 Å². The molecule has 1 aliphatic rings. The number of ketones is 1. The predicted octanol–water partition coefficient (Wildman–Crippen LogP) is 2.30. The smallest absolute Gasteiger partial charge is 0.307 e. The Morgan fingerprint density at radius 3 is 2.41 bits per heavy atom. The number of rotatable bonds is 4. The van der Waals surface area contributed by atoms with Crippen LogP contribution in [0, 0.1) is 11.8 Å². The number of hydrogen-bond acceptors (Lipinski definition) is 2. The number of carboxylic acid groups (broad SMARTS) is 1. The first-order chi connectivity index (χ1) is 8.18. The standard InChI is InChI=1S/C14H16O3/c15-13(9-10-5-2-1-3-6-10)11-7-4-8-12(11)14(16)17/h1-3,5-6,11-12H,4,7-9H2,(H,16,17)/t11-,12+/m1/s1. The van der Waals surface area contributed by atoms with E-state index in [-0.39, 0.29) is 11.7 Å². The number of carboxylic acids is 1. The number of carbonyl (C=O) groups excluding carboxylic acids is 1. The fourth-order valence-electron chi connectivity index (χ4n) is 2.57. The van der Waals surface area contributed by atoms with Crippen LogP contribution in [0.15, 0.2) is 30.3 Å². The fourth-order valence-corrected chi connectivity index (χ4v) is 2.57. The molecule has 0 radical (unpaired) electrons. The number of benzene rings is 1. The number of Topliss-reactive ketones (excluding diaryl/α,β-unsaturated/α-hetero) is 1. The van der Waals surface area contributed by atoms with Gasteiger partial charge in [-0.15, -0.1) is 0 Å². The Kier molecular flexibility index (Phi) is 3.57. The highest BCUT2D eigenvalue weighted by Crippen LogP contribution is 2.33. The molecule has 90 valence electrons. The largest absolute Gasteiger partial charge is 0.481 e. The zero-order chi connectivity index (χ0) is 12.3. The van der Waals surface area contributed by atoms with E-state index in [9.17, 15) is 9.59 Å². The second-order valence-electron chi connectivity index (χ2n) is 4.61. The van der Waals surface area contributed by atoms with Gasteiger partial charge in [0.15, 0.2) is 0 Å². The molecule has 0 unspecified atom stereocenters. The molecule has 0 aromatic heterocycles. The van der Waals surface area contributed by atoms with Crippen molar-refractivity contribution >= 4 is 11.8 Å². The molecule has 2 rings (SSSR count). The summed E-state index contributed by atoms with van der Waals surface area (Å²) in [4.78, 5) is 23.1. The summed E-state index contributed by atoms with van der Waals surface area (Å²) < 4.78 is 0. The maximum absolute atomic E-state index is 12.1. The SMILES string of the molecule is O=C(O)[C@H]1CCC[C@H]1C(=O)Cc1ccccc1. The molecule has 0 amide bonds. The highest BCUT2D eigenvalue weighted by molar-refractivity contribution is 5.88. The summed E-state index contributed by atoms with van der Waals surface area (Å²) in [5.41, 5.74) is 0.966. The molecule has 2 atom stereocenters. The van der Waals surface area contributed by atoms with Gasteiger partial charge in [-0.2, -0.15) is 0 Å². The maximum Gasteiger partial charge on any atom is 0.307 e. The summed E-state index contributed by atoms with van der Waals surface area (Å²) in [6.07, 6.45) is 2.57. The lowest BCUT2D eigenvalue weighted by Gasteiger charge is -2.14. The third-order valence-corrected chi connectivity index (χ3v) is 3.47. The minimum absolute atomic E-state index is 0.0705. The van der Waals surface area contributed by atoms with Crippen molar-refractivity contribution in [2.24, 2.45) is 11.8 Å². The lowest BCUT2D eigenvalue weighted by Crippen LogP contribution is -2.26. The van der Waals surface area contributed by atoms with E-state index in [1.54, 1.807) is 0 Å². The van der Waals surface area contributed by atoms with Crippen LogP contribution in [0.2, 0.25) is 0 Å². The minimum Gasteiger partial charge on any atom is -0.481 e. The molecule has 1 fully saturated rings. The Morgan fingerprint density at radius 1 is 1.12 bits per heavy atom. The van der Waals surface area contributed by atoms with Crippen LogP contribution in [0.1, 0.15) is 24.8 Å². The van der Waals surface area contributed by atoms with Crippen LogP contribution in [0.3, 0.4) is 0 Å². The van der Waals surface area contributed by atoms with Crippen molar-refractivity contribution in [2.75, 3.05) is 0 Å². The molecular formula is C14H16O3. The molecule has 0 bridgehead atoms. The van der Waals surface area contributed by atoms with Crippen molar-refractivity contribution in [3.63, 3.8) is 0 Å². The maximum atomic E-state index is 12.1. The Morgan fingerprint density at radius 2 is 1.76 bits per heavy atom. The van der Waals surface area contributed by atoms with Gasteiger partial charge in [0, 0.05) is 12.3 Å². The summed E-state index contributed by atoms with van der Waals surface area (Å²) >= 11 is 0. The van der Waals surface area contributed by atoms with Crippen LogP contribution in [0.25, 0.3) is 0 Å². The normalized spacial score (nSPS) is 23.5. The van der Waals surface area contributed by atoms with E-state index in [4.69, 9.17) is 5.11 Å². The highest BCUT2D eigenvalue weighted by atomic mass is 16.4. The van der Waals surface area contributed by atoms with Crippen molar-refractivity contribution < 1.29 is 14.7 Å². The van der Waals surface area contributed by atoms with Crippen molar-refractivity contribution in [3.8, 4) is 0 Å². The fraction of sp³-hybridized carbons (Fsp3) is 0.429. The zero-order valence-electron chi connectivity index (χ0n) is 9.63. The minimum atomic E-state index is -0.825. The van der Waals surface area contributed by atoms with Gasteiger partial charge in [-0.05, 0) is 18.4 Å². The lowest BCUT2D eigenvalue weighted by molar-refractivity contribution is -0.145. The third-order valence-electron chi connectivity index (χ3n) is 3.47. The van der Waals surface area contributed by atoms with E-state index in [1.165, 1.54) is 0 Å². The molecular weight excluding hydrogens is 216 g/mol. The van der Waals surface area contributed by atoms with E-state index in [1.807, 2.05) is 30.3 Å². The van der Waals surface area contributed by atoms with Gasteiger partial charge >= 0.3 is 5.97 Å². The molecule has 1 aromatic rings. The Labute approximate surface area is 100 Å². The van der Waals surface area contributed by atoms with Crippen LogP contribution in [0.4, 0.5) is 0 Å². The molecule has 3 heteroatoms. The molecule has 0 saturated heterocycles. The molecule has 0 heterocycles. The number of carbonyl (C=O) groups is 2. The van der Waals surface area contributed by atoms with Gasteiger partial charge in [0.25, 0.3) is 0 Å². The van der Waals surface area contributed by atoms with Crippen molar-refractivity contribution in [1.29, 1.82) is 0 Å². The second kappa shape index (κ2) is 5.13. The van der Waals surface area contributed by atoms with Gasteiger partial charge in [-0.3, -0.25) is 9.59 Å². The predicted molar refractivity (Wildman–Crippen MR) is 63.6 cm³/mol. The molecule has 1 N–H and O–H groups in total. The van der Waals surface area contributed by atoms with E-state index >= 15 is 0 Å². The highest BCUT2D eigenvalue weighted by Gasteiger charge is 2.37. The molecule has 0 spiro atoms. The first-order valence-corrected chi connectivity index (χ1v) is 5.98. The zero-order valence-corrected chi connectivity index (χ0v) is 9.63. The van der Waals surface area contributed by atoms with Crippen LogP contribution < -0.4 is 0 Å². The topological polar surface area (TPSA) is 54.4 Å². The van der Waals surface area contributed by atoms with E-state index in [2.05, 4.69) is 0 Å². The van der Waals surface area contributed by atoms with Crippen LogP contribution >= 0.6 is 0 Å². The molecule has 1 saturated carbocycles. The van der Waals surface area contributed by atoms with Crippen LogP contribution in [-0.2, 0) is 16.0 Å². The summed E-state index contributed by atoms with van der Waals surface area (Å²) in [6, 6.07) is 9.51.